The zero-order valence-electron chi connectivity index (χ0n) is 11.2. The largest absolute Gasteiger partial charge is 0.317 e. The number of hydrogen-bond acceptors (Lipinski definition) is 3. The minimum absolute atomic E-state index is 0.458. The number of piperidine rings is 1. The second-order valence-corrected chi connectivity index (χ2v) is 7.03. The van der Waals surface area contributed by atoms with E-state index in [1.165, 1.54) is 5.56 Å². The molecule has 1 N–H and O–H groups in total. The highest BCUT2D eigenvalue weighted by Crippen LogP contribution is 2.30. The van der Waals surface area contributed by atoms with Crippen LogP contribution in [0, 0.1) is 26.0 Å². The highest BCUT2D eigenvalue weighted by atomic mass is 32.2. The van der Waals surface area contributed by atoms with Crippen LogP contribution in [-0.2, 0) is 9.84 Å². The van der Waals surface area contributed by atoms with Crippen LogP contribution < -0.4 is 5.32 Å². The summed E-state index contributed by atoms with van der Waals surface area (Å²) in [4.78, 5) is 0.458. The minimum Gasteiger partial charge on any atom is -0.317 e. The molecule has 1 aliphatic heterocycles. The van der Waals surface area contributed by atoms with Gasteiger partial charge in [0.15, 0.2) is 9.84 Å². The molecule has 1 fully saturated rings. The summed E-state index contributed by atoms with van der Waals surface area (Å²) in [5, 5.41) is 3.86. The first-order chi connectivity index (χ1) is 8.43. The van der Waals surface area contributed by atoms with Gasteiger partial charge in [0.05, 0.1) is 10.1 Å². The van der Waals surface area contributed by atoms with Gasteiger partial charge in [-0.2, -0.15) is 0 Å². The number of aryl methyl sites for hydroxylation is 2. The van der Waals surface area contributed by atoms with Crippen LogP contribution in [0.25, 0.3) is 0 Å². The lowest BCUT2D eigenvalue weighted by Crippen LogP contribution is -2.30. The second kappa shape index (κ2) is 5.02. The summed E-state index contributed by atoms with van der Waals surface area (Å²) in [5.74, 6) is 0. The van der Waals surface area contributed by atoms with Gasteiger partial charge in [0.1, 0.15) is 0 Å². The average Bonchev–Trinajstić information content (AvgIpc) is 2.36. The maximum atomic E-state index is 12.5. The van der Waals surface area contributed by atoms with Crippen molar-refractivity contribution < 1.29 is 8.42 Å². The van der Waals surface area contributed by atoms with E-state index >= 15 is 0 Å². The minimum atomic E-state index is -3.25. The number of nitrogens with one attached hydrogen (secondary N) is 1. The normalized spacial score (nSPS) is 17.9. The van der Waals surface area contributed by atoms with E-state index in [1.807, 2.05) is 20.8 Å². The van der Waals surface area contributed by atoms with Crippen molar-refractivity contribution in [3.8, 4) is 0 Å². The first kappa shape index (κ1) is 13.6. The van der Waals surface area contributed by atoms with Crippen molar-refractivity contribution in [1.29, 1.82) is 0 Å². The average molecular weight is 266 g/mol. The molecule has 0 aromatic heterocycles. The molecule has 1 aliphatic rings. The summed E-state index contributed by atoms with van der Waals surface area (Å²) in [6.45, 7) is 7.48. The zero-order chi connectivity index (χ0) is 13.3. The van der Waals surface area contributed by atoms with E-state index in [0.29, 0.717) is 23.0 Å². The quantitative estimate of drug-likeness (QED) is 0.893. The van der Waals surface area contributed by atoms with Gasteiger partial charge in [0, 0.05) is 0 Å². The second-order valence-electron chi connectivity index (χ2n) is 4.97. The lowest BCUT2D eigenvalue weighted by molar-refractivity contribution is 0.549. The van der Waals surface area contributed by atoms with Crippen LogP contribution in [0.4, 0.5) is 0 Å². The van der Waals surface area contributed by atoms with E-state index in [-0.39, 0.29) is 0 Å². The Balaban J connectivity index is 2.41. The highest BCUT2D eigenvalue weighted by molar-refractivity contribution is 7.94. The van der Waals surface area contributed by atoms with E-state index in [4.69, 9.17) is 0 Å². The summed E-state index contributed by atoms with van der Waals surface area (Å²) in [5.41, 5.74) is 3.26. The van der Waals surface area contributed by atoms with Crippen LogP contribution in [-0.4, -0.2) is 21.5 Å². The third-order valence-electron chi connectivity index (χ3n) is 3.75. The van der Waals surface area contributed by atoms with Crippen molar-refractivity contribution in [2.75, 3.05) is 13.1 Å². The molecule has 2 rings (SSSR count). The van der Waals surface area contributed by atoms with E-state index in [9.17, 15) is 8.42 Å². The molecule has 1 heterocycles. The van der Waals surface area contributed by atoms with Crippen LogP contribution >= 0.6 is 0 Å². The van der Waals surface area contributed by atoms with Crippen molar-refractivity contribution in [1.82, 2.24) is 5.32 Å². The maximum Gasteiger partial charge on any atom is 0.185 e. The molecular formula is C14H20NO2S. The van der Waals surface area contributed by atoms with Crippen molar-refractivity contribution in [3.63, 3.8) is 0 Å². The fourth-order valence-electron chi connectivity index (χ4n) is 2.29. The van der Waals surface area contributed by atoms with Crippen LogP contribution in [0.1, 0.15) is 29.5 Å². The Morgan fingerprint density at radius 2 is 1.50 bits per heavy atom. The lowest BCUT2D eigenvalue weighted by atomic mass is 10.1. The van der Waals surface area contributed by atoms with E-state index in [2.05, 4.69) is 5.32 Å². The first-order valence-electron chi connectivity index (χ1n) is 6.31. The number of hydrogen-bond donors (Lipinski definition) is 1. The monoisotopic (exact) mass is 266 g/mol. The number of benzene rings is 1. The van der Waals surface area contributed by atoms with Crippen LogP contribution in [0.5, 0.6) is 0 Å². The third-order valence-corrected chi connectivity index (χ3v) is 5.78. The molecule has 1 aromatic carbocycles. The standard InChI is InChI=1S/C14H20NO2S/c1-10-8-14(9-11(2)12(10)3)18(16,17)13-4-6-15-7-5-13/h8-9,15H,4-7H2,1-3H3. The molecule has 0 bridgehead atoms. The van der Waals surface area contributed by atoms with Crippen molar-refractivity contribution in [3.05, 3.63) is 34.1 Å². The Kier molecular flexibility index (Phi) is 3.78. The van der Waals surface area contributed by atoms with Crippen molar-refractivity contribution in [2.24, 2.45) is 0 Å². The molecule has 4 heteroatoms. The molecule has 1 saturated heterocycles. The molecule has 0 atom stereocenters. The highest BCUT2D eigenvalue weighted by Gasteiger charge is 2.30. The molecule has 1 aromatic rings. The molecule has 18 heavy (non-hydrogen) atoms. The summed E-state index contributed by atoms with van der Waals surface area (Å²) in [6, 6.07) is 3.60. The molecule has 99 valence electrons. The van der Waals surface area contributed by atoms with Gasteiger partial charge in [0.25, 0.3) is 0 Å². The van der Waals surface area contributed by atoms with E-state index in [1.54, 1.807) is 12.1 Å². The summed E-state index contributed by atoms with van der Waals surface area (Å²) in [7, 11) is -3.25. The van der Waals surface area contributed by atoms with Crippen LogP contribution in [0.3, 0.4) is 0 Å². The van der Waals surface area contributed by atoms with Crippen molar-refractivity contribution >= 4 is 9.84 Å². The van der Waals surface area contributed by atoms with Gasteiger partial charge in [-0.3, -0.25) is 0 Å². The molecule has 0 unspecified atom stereocenters. The van der Waals surface area contributed by atoms with E-state index in [0.717, 1.165) is 24.2 Å². The molecule has 1 radical (unpaired) electrons. The number of sulfone groups is 1. The molecule has 0 spiro atoms. The predicted octanol–water partition coefficient (Wildman–Crippen LogP) is 2.30. The first-order valence-corrected chi connectivity index (χ1v) is 7.79. The van der Waals surface area contributed by atoms with Gasteiger partial charge in [-0.1, -0.05) is 0 Å². The van der Waals surface area contributed by atoms with Gasteiger partial charge in [-0.15, -0.1) is 0 Å². The summed E-state index contributed by atoms with van der Waals surface area (Å²) < 4.78 is 25.1. The van der Waals surface area contributed by atoms with Crippen LogP contribution in [0.15, 0.2) is 17.0 Å². The summed E-state index contributed by atoms with van der Waals surface area (Å²) >= 11 is 0. The molecular weight excluding hydrogens is 246 g/mol. The SMILES string of the molecule is Cc1cc(S(=O)(=O)[C]2CCNCC2)cc(C)c1C. The molecule has 0 amide bonds. The van der Waals surface area contributed by atoms with Gasteiger partial charge in [-0.05, 0) is 75.5 Å². The Labute approximate surface area is 110 Å². The fraction of sp³-hybridized carbons (Fsp3) is 0.500. The zero-order valence-corrected chi connectivity index (χ0v) is 12.0. The molecule has 0 aliphatic carbocycles. The molecule has 0 saturated carbocycles. The summed E-state index contributed by atoms with van der Waals surface area (Å²) in [6.07, 6.45) is 1.27. The van der Waals surface area contributed by atoms with Gasteiger partial charge in [0.2, 0.25) is 0 Å². The number of rotatable bonds is 2. The van der Waals surface area contributed by atoms with Crippen LogP contribution in [0.2, 0.25) is 0 Å². The van der Waals surface area contributed by atoms with Crippen molar-refractivity contribution in [2.45, 2.75) is 38.5 Å². The van der Waals surface area contributed by atoms with Gasteiger partial charge >= 0.3 is 0 Å². The smallest absolute Gasteiger partial charge is 0.185 e. The van der Waals surface area contributed by atoms with Gasteiger partial charge < -0.3 is 5.32 Å². The van der Waals surface area contributed by atoms with E-state index < -0.39 is 9.84 Å². The predicted molar refractivity (Wildman–Crippen MR) is 73.2 cm³/mol. The third kappa shape index (κ3) is 2.45. The maximum absolute atomic E-state index is 12.5. The molecule has 3 nitrogen and oxygen atoms in total. The Morgan fingerprint density at radius 1 is 1.00 bits per heavy atom. The fourth-order valence-corrected chi connectivity index (χ4v) is 4.03. The topological polar surface area (TPSA) is 46.2 Å². The Bertz CT molecular complexity index is 520. The lowest BCUT2D eigenvalue weighted by Gasteiger charge is -2.22. The Hall–Kier alpha value is -0.870. The van der Waals surface area contributed by atoms with Gasteiger partial charge in [-0.25, -0.2) is 8.42 Å². The Morgan fingerprint density at radius 3 is 2.00 bits per heavy atom.